The predicted molar refractivity (Wildman–Crippen MR) is 131 cm³/mol. The van der Waals surface area contributed by atoms with Crippen molar-refractivity contribution in [2.75, 3.05) is 13.1 Å². The largest absolute Gasteiger partial charge is 0.416 e. The molecule has 1 amide bonds. The number of rotatable bonds is 7. The lowest BCUT2D eigenvalue weighted by molar-refractivity contribution is -0.138. The van der Waals surface area contributed by atoms with Crippen LogP contribution in [0.15, 0.2) is 53.8 Å². The molecular weight excluding hydrogens is 560 g/mol. The van der Waals surface area contributed by atoms with Gasteiger partial charge in [0.1, 0.15) is 17.8 Å². The molecule has 3 aromatic heterocycles. The topological polar surface area (TPSA) is 111 Å². The average molecular weight is 583 g/mol. The van der Waals surface area contributed by atoms with E-state index in [0.717, 1.165) is 24.4 Å². The van der Waals surface area contributed by atoms with E-state index < -0.39 is 53.6 Å². The molecule has 1 aliphatic rings. The highest BCUT2D eigenvalue weighted by molar-refractivity contribution is 5.77. The number of fused-ring (bicyclic) bond motifs is 1. The van der Waals surface area contributed by atoms with Crippen molar-refractivity contribution in [1.82, 2.24) is 34.0 Å². The number of aromatic nitrogens is 6. The smallest absolute Gasteiger partial charge is 0.388 e. The molecule has 41 heavy (non-hydrogen) atoms. The summed E-state index contributed by atoms with van der Waals surface area (Å²) in [4.78, 5) is 31.4. The first-order valence-electron chi connectivity index (χ1n) is 12.4. The van der Waals surface area contributed by atoms with Crippen LogP contribution >= 0.6 is 0 Å². The zero-order chi connectivity index (χ0) is 29.5. The molecule has 0 aliphatic carbocycles. The van der Waals surface area contributed by atoms with E-state index in [2.05, 4.69) is 15.2 Å². The summed E-state index contributed by atoms with van der Waals surface area (Å²) in [7, 11) is 0. The number of carbonyl (C=O) groups is 1. The Balaban J connectivity index is 1.26. The molecule has 4 heterocycles. The number of alkyl halides is 5. The maximum atomic E-state index is 13.5. The molecule has 1 aromatic carbocycles. The Morgan fingerprint density at radius 1 is 1.10 bits per heavy atom. The van der Waals surface area contributed by atoms with E-state index in [9.17, 15) is 41.0 Å². The van der Waals surface area contributed by atoms with Crippen LogP contribution in [0.4, 0.5) is 26.3 Å². The minimum Gasteiger partial charge on any atom is -0.388 e. The monoisotopic (exact) mass is 583 g/mol. The van der Waals surface area contributed by atoms with Gasteiger partial charge in [0, 0.05) is 25.4 Å². The summed E-state index contributed by atoms with van der Waals surface area (Å²) >= 11 is 0. The highest BCUT2D eigenvalue weighted by Gasteiger charge is 2.37. The molecule has 4 aromatic rings. The average Bonchev–Trinajstić information content (AvgIpc) is 3.55. The maximum Gasteiger partial charge on any atom is 0.416 e. The van der Waals surface area contributed by atoms with Gasteiger partial charge in [-0.3, -0.25) is 18.8 Å². The number of aliphatic hydroxyl groups is 1. The van der Waals surface area contributed by atoms with E-state index in [1.165, 1.54) is 38.8 Å². The van der Waals surface area contributed by atoms with Crippen LogP contribution in [0.1, 0.15) is 30.9 Å². The molecule has 10 nitrogen and oxygen atoms in total. The third-order valence-corrected chi connectivity index (χ3v) is 7.10. The number of likely N-dealkylation sites (tertiary alicyclic amines) is 1. The van der Waals surface area contributed by atoms with Gasteiger partial charge in [0.25, 0.3) is 12.0 Å². The van der Waals surface area contributed by atoms with Crippen molar-refractivity contribution in [3.8, 4) is 5.69 Å². The third-order valence-electron chi connectivity index (χ3n) is 7.10. The van der Waals surface area contributed by atoms with Crippen molar-refractivity contribution >= 4 is 16.9 Å². The highest BCUT2D eigenvalue weighted by Crippen LogP contribution is 2.30. The van der Waals surface area contributed by atoms with Gasteiger partial charge in [0.2, 0.25) is 11.9 Å². The Hall–Kier alpha value is -4.21. The Morgan fingerprint density at radius 2 is 1.78 bits per heavy atom. The van der Waals surface area contributed by atoms with Crippen LogP contribution in [0.5, 0.6) is 0 Å². The van der Waals surface area contributed by atoms with Gasteiger partial charge in [-0.2, -0.15) is 22.7 Å². The molecule has 16 heteroatoms. The van der Waals surface area contributed by atoms with Gasteiger partial charge in [-0.25, -0.2) is 18.4 Å². The fourth-order valence-corrected chi connectivity index (χ4v) is 4.79. The summed E-state index contributed by atoms with van der Waals surface area (Å²) in [6, 6.07) is 3.46. The number of benzene rings is 1. The molecule has 0 radical (unpaired) electrons. The maximum absolute atomic E-state index is 13.5. The quantitative estimate of drug-likeness (QED) is 0.335. The molecule has 1 fully saturated rings. The standard InChI is InChI=1S/C25H23F6N7O3/c26-19-5-8-37(34-19)18(21(27)28)11-20(39)35-9-6-24(41,7-10-35)13-36-14-32-22-17(23(36)40)12-33-38(22)16-3-1-15(2-4-16)25(29,30)31/h1-5,8,12,14,18,21,41H,6-7,9-11,13H2/t18-/m0/s1. The van der Waals surface area contributed by atoms with E-state index in [1.807, 2.05) is 0 Å². The molecule has 1 aliphatic heterocycles. The first-order chi connectivity index (χ1) is 19.3. The van der Waals surface area contributed by atoms with Crippen LogP contribution in [0, 0.1) is 5.95 Å². The number of hydrogen-bond acceptors (Lipinski definition) is 6. The first kappa shape index (κ1) is 28.3. The minimum atomic E-state index is -4.50. The lowest BCUT2D eigenvalue weighted by Crippen LogP contribution is -2.50. The van der Waals surface area contributed by atoms with Crippen molar-refractivity contribution in [3.05, 3.63) is 70.9 Å². The lowest BCUT2D eigenvalue weighted by Gasteiger charge is -2.38. The number of piperidine rings is 1. The van der Waals surface area contributed by atoms with E-state index in [1.54, 1.807) is 0 Å². The lowest BCUT2D eigenvalue weighted by atomic mass is 9.91. The molecule has 5 rings (SSSR count). The van der Waals surface area contributed by atoms with E-state index >= 15 is 0 Å². The SMILES string of the molecule is O=C(C[C@@H](C(F)F)n1ccc(F)n1)N1CCC(O)(Cn2cnc3c(cnn3-c3ccc(C(F)(F)F)cc3)c2=O)CC1. The van der Waals surface area contributed by atoms with Crippen LogP contribution < -0.4 is 5.56 Å². The molecule has 1 saturated heterocycles. The van der Waals surface area contributed by atoms with Crippen LogP contribution in [0.25, 0.3) is 16.7 Å². The second-order valence-electron chi connectivity index (χ2n) is 9.85. The van der Waals surface area contributed by atoms with Crippen LogP contribution in [-0.2, 0) is 17.5 Å². The molecule has 0 bridgehead atoms. The summed E-state index contributed by atoms with van der Waals surface area (Å²) in [5.41, 5.74) is -2.40. The van der Waals surface area contributed by atoms with Gasteiger partial charge in [-0.15, -0.1) is 5.10 Å². The Morgan fingerprint density at radius 3 is 2.37 bits per heavy atom. The zero-order valence-corrected chi connectivity index (χ0v) is 21.2. The predicted octanol–water partition coefficient (Wildman–Crippen LogP) is 3.19. The third kappa shape index (κ3) is 5.82. The van der Waals surface area contributed by atoms with Gasteiger partial charge in [-0.1, -0.05) is 0 Å². The number of carbonyl (C=O) groups excluding carboxylic acids is 1. The Labute approximate surface area is 227 Å². The van der Waals surface area contributed by atoms with E-state index in [-0.39, 0.29) is 49.2 Å². The summed E-state index contributed by atoms with van der Waals surface area (Å²) in [6.45, 7) is -0.0987. The Kier molecular flexibility index (Phi) is 7.35. The number of amides is 1. The van der Waals surface area contributed by atoms with Crippen molar-refractivity contribution in [2.24, 2.45) is 0 Å². The van der Waals surface area contributed by atoms with Crippen molar-refractivity contribution in [2.45, 2.75) is 50.1 Å². The molecule has 1 atom stereocenters. The van der Waals surface area contributed by atoms with Crippen LogP contribution in [-0.4, -0.2) is 70.1 Å². The van der Waals surface area contributed by atoms with Gasteiger partial charge < -0.3 is 10.0 Å². The van der Waals surface area contributed by atoms with E-state index in [0.29, 0.717) is 4.68 Å². The van der Waals surface area contributed by atoms with Gasteiger partial charge in [0.15, 0.2) is 5.65 Å². The fourth-order valence-electron chi connectivity index (χ4n) is 4.79. The van der Waals surface area contributed by atoms with Crippen LogP contribution in [0.2, 0.25) is 0 Å². The van der Waals surface area contributed by atoms with Crippen molar-refractivity contribution < 1.29 is 36.2 Å². The highest BCUT2D eigenvalue weighted by atomic mass is 19.4. The number of halogens is 6. The molecule has 0 unspecified atom stereocenters. The summed E-state index contributed by atoms with van der Waals surface area (Å²) in [5.74, 6) is -1.55. The number of nitrogens with zero attached hydrogens (tertiary/aromatic N) is 7. The minimum absolute atomic E-state index is 0.0367. The molecule has 218 valence electrons. The Bertz CT molecular complexity index is 1600. The van der Waals surface area contributed by atoms with E-state index in [4.69, 9.17) is 0 Å². The van der Waals surface area contributed by atoms with Crippen molar-refractivity contribution in [3.63, 3.8) is 0 Å². The molecule has 0 spiro atoms. The normalized spacial score (nSPS) is 16.4. The fraction of sp³-hybridized carbons (Fsp3) is 0.400. The van der Waals surface area contributed by atoms with Gasteiger partial charge in [0.05, 0.1) is 36.0 Å². The summed E-state index contributed by atoms with van der Waals surface area (Å²) < 4.78 is 82.0. The van der Waals surface area contributed by atoms with Gasteiger partial charge in [-0.05, 0) is 37.1 Å². The van der Waals surface area contributed by atoms with Gasteiger partial charge >= 0.3 is 6.18 Å². The first-order valence-corrected chi connectivity index (χ1v) is 12.4. The summed E-state index contributed by atoms with van der Waals surface area (Å²) in [5, 5.41) is 18.6. The molecular formula is C25H23F6N7O3. The zero-order valence-electron chi connectivity index (χ0n) is 21.2. The second kappa shape index (κ2) is 10.6. The van der Waals surface area contributed by atoms with Crippen LogP contribution in [0.3, 0.4) is 0 Å². The molecule has 0 saturated carbocycles. The summed E-state index contributed by atoms with van der Waals surface area (Å²) in [6.07, 6.45) is -4.53. The second-order valence-corrected chi connectivity index (χ2v) is 9.85. The van der Waals surface area contributed by atoms with Crippen molar-refractivity contribution in [1.29, 1.82) is 0 Å². The molecule has 1 N–H and O–H groups in total. The number of hydrogen-bond donors (Lipinski definition) is 1.